The Balaban J connectivity index is 1.68. The minimum absolute atomic E-state index is 0.205. The number of carbonyl (C=O) groups excluding carboxylic acids is 1. The minimum Gasteiger partial charge on any atom is -0.351 e. The fraction of sp³-hybridized carbons (Fsp3) is 0.400. The van der Waals surface area contributed by atoms with Crippen LogP contribution in [0.1, 0.15) is 33.8 Å². The Hall–Kier alpha value is -1.75. The quantitative estimate of drug-likeness (QED) is 0.867. The summed E-state index contributed by atoms with van der Waals surface area (Å²) in [6.45, 7) is 0.893. The van der Waals surface area contributed by atoms with Crippen molar-refractivity contribution in [1.82, 2.24) is 9.97 Å². The summed E-state index contributed by atoms with van der Waals surface area (Å²) in [5, 5.41) is 0.958. The molecular weight excluding hydrogens is 270 g/mol. The number of Topliss-reactive ketones (excluding diaryl/α,β-unsaturated/α-hetero) is 1. The zero-order chi connectivity index (χ0) is 13.9. The van der Waals surface area contributed by atoms with E-state index >= 15 is 0 Å². The number of anilines is 1. The lowest BCUT2D eigenvalue weighted by atomic mass is 10.0. The highest BCUT2D eigenvalue weighted by Crippen LogP contribution is 2.31. The Morgan fingerprint density at radius 2 is 2.10 bits per heavy atom. The van der Waals surface area contributed by atoms with Gasteiger partial charge in [0.25, 0.3) is 0 Å². The SMILES string of the molecule is CN(CCc1ccncc1)c1nc2c(s1)CCCC2=O. The third kappa shape index (κ3) is 2.72. The van der Waals surface area contributed by atoms with Crippen molar-refractivity contribution in [1.29, 1.82) is 0 Å². The zero-order valence-corrected chi connectivity index (χ0v) is 12.3. The lowest BCUT2D eigenvalue weighted by molar-refractivity contribution is 0.0968. The van der Waals surface area contributed by atoms with E-state index in [2.05, 4.69) is 14.9 Å². The number of likely N-dealkylation sites (N-methyl/N-ethyl adjacent to an activating group) is 1. The van der Waals surface area contributed by atoms with Crippen LogP contribution in [0.4, 0.5) is 5.13 Å². The van der Waals surface area contributed by atoms with Gasteiger partial charge in [0.1, 0.15) is 5.69 Å². The summed E-state index contributed by atoms with van der Waals surface area (Å²) in [5.41, 5.74) is 1.98. The number of hydrogen-bond donors (Lipinski definition) is 0. The van der Waals surface area contributed by atoms with Crippen molar-refractivity contribution in [2.75, 3.05) is 18.5 Å². The molecule has 0 saturated heterocycles. The molecule has 0 aromatic carbocycles. The highest BCUT2D eigenvalue weighted by atomic mass is 32.1. The van der Waals surface area contributed by atoms with Crippen LogP contribution in [-0.2, 0) is 12.8 Å². The van der Waals surface area contributed by atoms with Gasteiger partial charge in [-0.1, -0.05) is 0 Å². The van der Waals surface area contributed by atoms with Crippen LogP contribution in [-0.4, -0.2) is 29.3 Å². The Kier molecular flexibility index (Phi) is 3.78. The maximum absolute atomic E-state index is 11.8. The number of fused-ring (bicyclic) bond motifs is 1. The van der Waals surface area contributed by atoms with E-state index in [0.29, 0.717) is 12.1 Å². The van der Waals surface area contributed by atoms with E-state index in [0.717, 1.165) is 35.8 Å². The molecule has 0 amide bonds. The molecule has 0 spiro atoms. The fourth-order valence-electron chi connectivity index (χ4n) is 2.36. The minimum atomic E-state index is 0.205. The summed E-state index contributed by atoms with van der Waals surface area (Å²) in [7, 11) is 2.04. The van der Waals surface area contributed by atoms with Crippen LogP contribution in [0.2, 0.25) is 0 Å². The van der Waals surface area contributed by atoms with E-state index in [4.69, 9.17) is 0 Å². The lowest BCUT2D eigenvalue weighted by Gasteiger charge is -2.15. The third-order valence-corrected chi connectivity index (χ3v) is 4.80. The Bertz CT molecular complexity index is 609. The molecule has 0 N–H and O–H groups in total. The van der Waals surface area contributed by atoms with Gasteiger partial charge in [-0.05, 0) is 37.0 Å². The molecule has 4 nitrogen and oxygen atoms in total. The van der Waals surface area contributed by atoms with Gasteiger partial charge in [0.05, 0.1) is 0 Å². The van der Waals surface area contributed by atoms with E-state index in [1.54, 1.807) is 11.3 Å². The maximum atomic E-state index is 11.8. The van der Waals surface area contributed by atoms with Crippen molar-refractivity contribution < 1.29 is 4.79 Å². The van der Waals surface area contributed by atoms with Crippen LogP contribution >= 0.6 is 11.3 Å². The monoisotopic (exact) mass is 287 g/mol. The first kappa shape index (κ1) is 13.2. The zero-order valence-electron chi connectivity index (χ0n) is 11.5. The maximum Gasteiger partial charge on any atom is 0.185 e. The van der Waals surface area contributed by atoms with Gasteiger partial charge >= 0.3 is 0 Å². The Morgan fingerprint density at radius 1 is 1.30 bits per heavy atom. The smallest absolute Gasteiger partial charge is 0.185 e. The molecule has 2 aromatic rings. The molecule has 0 aliphatic heterocycles. The first-order valence-corrected chi connectivity index (χ1v) is 7.68. The van der Waals surface area contributed by atoms with Gasteiger partial charge in [-0.15, -0.1) is 11.3 Å². The summed E-state index contributed by atoms with van der Waals surface area (Å²) in [6, 6.07) is 4.06. The Labute approximate surface area is 122 Å². The number of carbonyl (C=O) groups is 1. The third-order valence-electron chi connectivity index (χ3n) is 3.57. The second-order valence-corrected chi connectivity index (χ2v) is 6.13. The topological polar surface area (TPSA) is 46.1 Å². The van der Waals surface area contributed by atoms with Gasteiger partial charge in [-0.2, -0.15) is 0 Å². The number of aryl methyl sites for hydroxylation is 1. The van der Waals surface area contributed by atoms with Crippen molar-refractivity contribution in [3.05, 3.63) is 40.7 Å². The molecule has 104 valence electrons. The highest BCUT2D eigenvalue weighted by Gasteiger charge is 2.23. The van der Waals surface area contributed by atoms with Crippen LogP contribution < -0.4 is 4.90 Å². The van der Waals surface area contributed by atoms with Gasteiger partial charge in [0.15, 0.2) is 10.9 Å². The standard InChI is InChI=1S/C15H17N3OS/c1-18(10-7-11-5-8-16-9-6-11)15-17-14-12(19)3-2-4-13(14)20-15/h5-6,8-9H,2-4,7,10H2,1H3. The van der Waals surface area contributed by atoms with Crippen LogP contribution in [0.3, 0.4) is 0 Å². The normalized spacial score (nSPS) is 14.2. The van der Waals surface area contributed by atoms with Crippen molar-refractivity contribution in [2.24, 2.45) is 0 Å². The van der Waals surface area contributed by atoms with E-state index < -0.39 is 0 Å². The number of ketones is 1. The van der Waals surface area contributed by atoms with E-state index in [9.17, 15) is 4.79 Å². The number of rotatable bonds is 4. The molecule has 0 unspecified atom stereocenters. The van der Waals surface area contributed by atoms with Crippen molar-refractivity contribution in [3.63, 3.8) is 0 Å². The molecule has 0 atom stereocenters. The molecule has 2 aromatic heterocycles. The summed E-state index contributed by atoms with van der Waals surface area (Å²) >= 11 is 1.66. The average Bonchev–Trinajstić information content (AvgIpc) is 2.91. The molecule has 0 saturated carbocycles. The summed E-state index contributed by atoms with van der Waals surface area (Å²) < 4.78 is 0. The van der Waals surface area contributed by atoms with Crippen molar-refractivity contribution in [2.45, 2.75) is 25.7 Å². The van der Waals surface area contributed by atoms with Crippen molar-refractivity contribution in [3.8, 4) is 0 Å². The second-order valence-electron chi connectivity index (χ2n) is 5.07. The first-order valence-electron chi connectivity index (χ1n) is 6.87. The molecule has 2 heterocycles. The molecule has 20 heavy (non-hydrogen) atoms. The molecule has 0 bridgehead atoms. The molecule has 0 fully saturated rings. The molecule has 1 aliphatic carbocycles. The van der Waals surface area contributed by atoms with Crippen LogP contribution in [0, 0.1) is 0 Å². The molecule has 5 heteroatoms. The summed E-state index contributed by atoms with van der Waals surface area (Å²) in [4.78, 5) is 23.7. The number of aromatic nitrogens is 2. The van der Waals surface area contributed by atoms with Crippen LogP contribution in [0.5, 0.6) is 0 Å². The number of hydrogen-bond acceptors (Lipinski definition) is 5. The number of pyridine rings is 1. The van der Waals surface area contributed by atoms with Gasteiger partial charge in [0, 0.05) is 37.3 Å². The molecule has 3 rings (SSSR count). The second kappa shape index (κ2) is 5.71. The van der Waals surface area contributed by atoms with E-state index in [1.165, 1.54) is 5.56 Å². The predicted molar refractivity (Wildman–Crippen MR) is 80.6 cm³/mol. The van der Waals surface area contributed by atoms with Crippen LogP contribution in [0.15, 0.2) is 24.5 Å². The average molecular weight is 287 g/mol. The van der Waals surface area contributed by atoms with Gasteiger partial charge in [-0.25, -0.2) is 4.98 Å². The largest absolute Gasteiger partial charge is 0.351 e. The van der Waals surface area contributed by atoms with Gasteiger partial charge < -0.3 is 4.90 Å². The number of nitrogens with zero attached hydrogens (tertiary/aromatic N) is 3. The van der Waals surface area contributed by atoms with Crippen molar-refractivity contribution >= 4 is 22.3 Å². The summed E-state index contributed by atoms with van der Waals surface area (Å²) in [6.07, 6.45) is 7.20. The lowest BCUT2D eigenvalue weighted by Crippen LogP contribution is -2.20. The molecule has 0 radical (unpaired) electrons. The predicted octanol–water partition coefficient (Wildman–Crippen LogP) is 2.74. The number of thiazole rings is 1. The van der Waals surface area contributed by atoms with Gasteiger partial charge in [-0.3, -0.25) is 9.78 Å². The summed E-state index contributed by atoms with van der Waals surface area (Å²) in [5.74, 6) is 0.205. The molecule has 1 aliphatic rings. The molecular formula is C15H17N3OS. The fourth-order valence-corrected chi connectivity index (χ4v) is 3.47. The highest BCUT2D eigenvalue weighted by molar-refractivity contribution is 7.16. The Morgan fingerprint density at radius 3 is 2.85 bits per heavy atom. The van der Waals surface area contributed by atoms with Crippen LogP contribution in [0.25, 0.3) is 0 Å². The van der Waals surface area contributed by atoms with Gasteiger partial charge in [0.2, 0.25) is 0 Å². The first-order chi connectivity index (χ1) is 9.74. The van der Waals surface area contributed by atoms with E-state index in [-0.39, 0.29) is 5.78 Å². The van der Waals surface area contributed by atoms with E-state index in [1.807, 2.05) is 31.6 Å².